The molecule has 0 unspecified atom stereocenters. The molecule has 6 heteroatoms. The quantitative estimate of drug-likeness (QED) is 0.381. The van der Waals surface area contributed by atoms with Gasteiger partial charge >= 0.3 is 0 Å². The lowest BCUT2D eigenvalue weighted by molar-refractivity contribution is 0.318. The van der Waals surface area contributed by atoms with Gasteiger partial charge < -0.3 is 15.4 Å². The first-order valence-electron chi connectivity index (χ1n) is 4.96. The first kappa shape index (κ1) is 14.1. The molecule has 0 radical (unpaired) electrons. The van der Waals surface area contributed by atoms with Crippen molar-refractivity contribution in [1.82, 2.24) is 0 Å². The highest BCUT2D eigenvalue weighted by Crippen LogP contribution is 2.25. The second kappa shape index (κ2) is 5.55. The molecule has 2 aromatic rings. The van der Waals surface area contributed by atoms with E-state index < -0.39 is 0 Å². The van der Waals surface area contributed by atoms with Crippen LogP contribution in [0.2, 0.25) is 0 Å². The van der Waals surface area contributed by atoms with Crippen molar-refractivity contribution in [2.24, 2.45) is 10.9 Å². The molecule has 18 heavy (non-hydrogen) atoms. The summed E-state index contributed by atoms with van der Waals surface area (Å²) in [6.45, 7) is 1.71. The molecule has 0 bridgehead atoms. The first-order valence-corrected chi connectivity index (χ1v) is 4.96. The summed E-state index contributed by atoms with van der Waals surface area (Å²) in [6.07, 6.45) is 0. The highest BCUT2D eigenvalue weighted by Gasteiger charge is 2.12. The molecule has 0 aliphatic heterocycles. The Morgan fingerprint density at radius 3 is 2.50 bits per heavy atom. The summed E-state index contributed by atoms with van der Waals surface area (Å²) in [5.41, 5.74) is 6.74. The fraction of sp³-hybridized carbons (Fsp3) is 0.0833. The van der Waals surface area contributed by atoms with Crippen molar-refractivity contribution in [1.29, 1.82) is 0 Å². The van der Waals surface area contributed by atoms with Crippen LogP contribution in [0.3, 0.4) is 0 Å². The topological polar surface area (TPSA) is 71.8 Å². The molecule has 96 valence electrons. The first-order chi connectivity index (χ1) is 8.11. The summed E-state index contributed by atoms with van der Waals surface area (Å²) < 4.78 is 18.2. The van der Waals surface area contributed by atoms with E-state index in [4.69, 9.17) is 15.4 Å². The summed E-state index contributed by atoms with van der Waals surface area (Å²) in [5, 5.41) is 11.5. The van der Waals surface area contributed by atoms with E-state index in [0.717, 1.165) is 5.56 Å². The van der Waals surface area contributed by atoms with E-state index >= 15 is 0 Å². The normalized spacial score (nSPS) is 11.1. The summed E-state index contributed by atoms with van der Waals surface area (Å²) in [7, 11) is 0. The smallest absolute Gasteiger partial charge is 0.173 e. The van der Waals surface area contributed by atoms with Crippen LogP contribution < -0.4 is 5.73 Å². The Labute approximate surface area is 109 Å². The predicted molar refractivity (Wildman–Crippen MR) is 68.6 cm³/mol. The second-order valence-electron chi connectivity index (χ2n) is 3.57. The number of nitrogens with two attached hydrogens (primary N) is 1. The molecule has 0 fully saturated rings. The Morgan fingerprint density at radius 2 is 1.94 bits per heavy atom. The van der Waals surface area contributed by atoms with Crippen molar-refractivity contribution in [3.8, 4) is 11.3 Å². The molecule has 2 rings (SSSR count). The number of hydrogen-bond donors (Lipinski definition) is 2. The van der Waals surface area contributed by atoms with Gasteiger partial charge in [0, 0.05) is 5.56 Å². The monoisotopic (exact) mass is 270 g/mol. The van der Waals surface area contributed by atoms with E-state index in [1.807, 2.05) is 0 Å². The SMILES string of the molecule is Cc1oc(-c2ccc(F)cc2)cc1C(N)=NO.Cl. The van der Waals surface area contributed by atoms with Crippen LogP contribution >= 0.6 is 12.4 Å². The van der Waals surface area contributed by atoms with Crippen molar-refractivity contribution in [3.05, 3.63) is 47.5 Å². The second-order valence-corrected chi connectivity index (χ2v) is 3.57. The molecule has 0 spiro atoms. The average Bonchev–Trinajstić information content (AvgIpc) is 2.71. The molecular weight excluding hydrogens is 259 g/mol. The van der Waals surface area contributed by atoms with Crippen LogP contribution in [-0.4, -0.2) is 11.0 Å². The summed E-state index contributed by atoms with van der Waals surface area (Å²) in [4.78, 5) is 0. The van der Waals surface area contributed by atoms with Gasteiger partial charge in [-0.05, 0) is 37.3 Å². The molecule has 0 aliphatic rings. The zero-order valence-electron chi connectivity index (χ0n) is 9.55. The molecule has 0 atom stereocenters. The standard InChI is InChI=1S/C12H11FN2O2.ClH/c1-7-10(12(14)15-16)6-11(17-7)8-2-4-9(13)5-3-8;/h2-6,16H,1H3,(H2,14,15);1H. The van der Waals surface area contributed by atoms with Gasteiger partial charge in [0.15, 0.2) is 5.84 Å². The average molecular weight is 271 g/mol. The Hall–Kier alpha value is -2.01. The molecule has 4 nitrogen and oxygen atoms in total. The summed E-state index contributed by atoms with van der Waals surface area (Å²) in [6, 6.07) is 7.54. The van der Waals surface area contributed by atoms with Crippen LogP contribution in [0.5, 0.6) is 0 Å². The third kappa shape index (κ3) is 2.62. The van der Waals surface area contributed by atoms with Gasteiger partial charge in [-0.1, -0.05) is 5.16 Å². The number of aryl methyl sites for hydroxylation is 1. The van der Waals surface area contributed by atoms with Gasteiger partial charge in [0.05, 0.1) is 5.56 Å². The molecule has 3 N–H and O–H groups in total. The van der Waals surface area contributed by atoms with Gasteiger partial charge in [-0.3, -0.25) is 0 Å². The van der Waals surface area contributed by atoms with Gasteiger partial charge in [0.25, 0.3) is 0 Å². The maximum absolute atomic E-state index is 12.8. The van der Waals surface area contributed by atoms with E-state index in [2.05, 4.69) is 5.16 Å². The van der Waals surface area contributed by atoms with Gasteiger partial charge in [-0.2, -0.15) is 0 Å². The zero-order valence-corrected chi connectivity index (χ0v) is 10.4. The number of rotatable bonds is 2. The van der Waals surface area contributed by atoms with Crippen LogP contribution in [-0.2, 0) is 0 Å². The lowest BCUT2D eigenvalue weighted by atomic mass is 10.1. The van der Waals surface area contributed by atoms with E-state index in [0.29, 0.717) is 17.1 Å². The molecule has 0 amide bonds. The van der Waals surface area contributed by atoms with E-state index in [1.165, 1.54) is 12.1 Å². The highest BCUT2D eigenvalue weighted by atomic mass is 35.5. The minimum Gasteiger partial charge on any atom is -0.461 e. The third-order valence-corrected chi connectivity index (χ3v) is 2.43. The highest BCUT2D eigenvalue weighted by molar-refractivity contribution is 5.98. The maximum Gasteiger partial charge on any atom is 0.173 e. The van der Waals surface area contributed by atoms with E-state index in [9.17, 15) is 4.39 Å². The molecule has 0 saturated heterocycles. The fourth-order valence-electron chi connectivity index (χ4n) is 1.55. The molecule has 1 heterocycles. The van der Waals surface area contributed by atoms with Gasteiger partial charge in [-0.15, -0.1) is 12.4 Å². The fourth-order valence-corrected chi connectivity index (χ4v) is 1.55. The van der Waals surface area contributed by atoms with Crippen LogP contribution in [0.15, 0.2) is 39.9 Å². The number of furan rings is 1. The molecule has 1 aromatic heterocycles. The molecule has 0 saturated carbocycles. The largest absolute Gasteiger partial charge is 0.461 e. The minimum absolute atomic E-state index is 0. The van der Waals surface area contributed by atoms with Crippen LogP contribution in [0.4, 0.5) is 4.39 Å². The maximum atomic E-state index is 12.8. The minimum atomic E-state index is -0.311. The number of amidine groups is 1. The van der Waals surface area contributed by atoms with Crippen LogP contribution in [0.25, 0.3) is 11.3 Å². The lowest BCUT2D eigenvalue weighted by Gasteiger charge is -1.95. The predicted octanol–water partition coefficient (Wildman–Crippen LogP) is 2.91. The zero-order chi connectivity index (χ0) is 12.4. The van der Waals surface area contributed by atoms with Crippen molar-refractivity contribution >= 4 is 18.2 Å². The Morgan fingerprint density at radius 1 is 1.33 bits per heavy atom. The van der Waals surface area contributed by atoms with Crippen LogP contribution in [0, 0.1) is 12.7 Å². The number of oxime groups is 1. The number of benzene rings is 1. The summed E-state index contributed by atoms with van der Waals surface area (Å²) >= 11 is 0. The van der Waals surface area contributed by atoms with Crippen LogP contribution in [0.1, 0.15) is 11.3 Å². The summed E-state index contributed by atoms with van der Waals surface area (Å²) in [5.74, 6) is 0.761. The Kier molecular flexibility index (Phi) is 4.33. The molecule has 1 aromatic carbocycles. The van der Waals surface area contributed by atoms with Gasteiger partial charge in [0.2, 0.25) is 0 Å². The lowest BCUT2D eigenvalue weighted by Crippen LogP contribution is -2.12. The number of nitrogens with zero attached hydrogens (tertiary/aromatic N) is 1. The third-order valence-electron chi connectivity index (χ3n) is 2.43. The van der Waals surface area contributed by atoms with Crippen molar-refractivity contribution in [2.45, 2.75) is 6.92 Å². The molecular formula is C12H12ClFN2O2. The van der Waals surface area contributed by atoms with E-state index in [-0.39, 0.29) is 24.1 Å². The number of hydrogen-bond acceptors (Lipinski definition) is 3. The van der Waals surface area contributed by atoms with Crippen molar-refractivity contribution in [2.75, 3.05) is 0 Å². The Bertz CT molecular complexity index is 564. The Balaban J connectivity index is 0.00000162. The van der Waals surface area contributed by atoms with Crippen molar-refractivity contribution in [3.63, 3.8) is 0 Å². The van der Waals surface area contributed by atoms with Gasteiger partial charge in [0.1, 0.15) is 17.3 Å². The van der Waals surface area contributed by atoms with E-state index in [1.54, 1.807) is 25.1 Å². The molecule has 0 aliphatic carbocycles. The van der Waals surface area contributed by atoms with Gasteiger partial charge in [-0.25, -0.2) is 4.39 Å². The van der Waals surface area contributed by atoms with Crippen molar-refractivity contribution < 1.29 is 14.0 Å². The number of halogens is 2.